The number of Topliss-reactive ketones (excluding diaryl/α,β-unsaturated/α-hetero) is 1. The van der Waals surface area contributed by atoms with E-state index in [1.807, 2.05) is 0 Å². The molecule has 0 heterocycles. The number of ketones is 1. The lowest BCUT2D eigenvalue weighted by Crippen LogP contribution is -2.52. The average Bonchev–Trinajstić information content (AvgIpc) is 2.67. The van der Waals surface area contributed by atoms with Crippen LogP contribution >= 0.6 is 0 Å². The van der Waals surface area contributed by atoms with Crippen molar-refractivity contribution >= 4 is 17.6 Å². The average molecular weight is 368 g/mol. The molecule has 0 spiro atoms. The first kappa shape index (κ1) is 20.2. The molecule has 6 nitrogen and oxygen atoms in total. The maximum absolute atomic E-state index is 13.1. The molecule has 2 aromatic carbocycles. The molecule has 2 aromatic rings. The number of hydrogen-bond acceptors (Lipinski definition) is 4. The minimum atomic E-state index is -0.896. The molecule has 0 bridgehead atoms. The van der Waals surface area contributed by atoms with Crippen molar-refractivity contribution in [1.29, 1.82) is 0 Å². The Kier molecular flexibility index (Phi) is 6.71. The van der Waals surface area contributed by atoms with Crippen LogP contribution in [0.5, 0.6) is 5.75 Å². The molecule has 0 aliphatic carbocycles. The highest BCUT2D eigenvalue weighted by atomic mass is 16.5. The highest BCUT2D eigenvalue weighted by molar-refractivity contribution is 6.03. The SMILES string of the molecule is COc1ccc(C(=O)N(CC(=O)c2ccccc2)C(C(N)=O)C(C)C)cc1. The number of primary amides is 1. The lowest BCUT2D eigenvalue weighted by atomic mass is 9.99. The van der Waals surface area contributed by atoms with Crippen LogP contribution in [-0.2, 0) is 4.79 Å². The summed E-state index contributed by atoms with van der Waals surface area (Å²) >= 11 is 0. The number of nitrogens with two attached hydrogens (primary N) is 1. The summed E-state index contributed by atoms with van der Waals surface area (Å²) in [6.45, 7) is 3.34. The van der Waals surface area contributed by atoms with Gasteiger partial charge in [0.05, 0.1) is 13.7 Å². The first-order valence-electron chi connectivity index (χ1n) is 8.67. The molecule has 2 N–H and O–H groups in total. The summed E-state index contributed by atoms with van der Waals surface area (Å²) in [5.74, 6) is -0.974. The van der Waals surface area contributed by atoms with Crippen LogP contribution in [-0.4, -0.2) is 42.2 Å². The predicted molar refractivity (Wildman–Crippen MR) is 103 cm³/mol. The Hall–Kier alpha value is -3.15. The molecule has 0 aliphatic rings. The highest BCUT2D eigenvalue weighted by Gasteiger charge is 2.33. The van der Waals surface area contributed by atoms with E-state index in [1.54, 1.807) is 68.4 Å². The fraction of sp³-hybridized carbons (Fsp3) is 0.286. The largest absolute Gasteiger partial charge is 0.497 e. The van der Waals surface area contributed by atoms with Crippen molar-refractivity contribution in [3.8, 4) is 5.75 Å². The van der Waals surface area contributed by atoms with E-state index in [1.165, 1.54) is 12.0 Å². The third-order valence-corrected chi connectivity index (χ3v) is 4.27. The van der Waals surface area contributed by atoms with Crippen molar-refractivity contribution in [2.75, 3.05) is 13.7 Å². The summed E-state index contributed by atoms with van der Waals surface area (Å²) in [7, 11) is 1.53. The van der Waals surface area contributed by atoms with Crippen molar-refractivity contribution in [1.82, 2.24) is 4.90 Å². The van der Waals surface area contributed by atoms with Gasteiger partial charge in [0.15, 0.2) is 5.78 Å². The maximum atomic E-state index is 13.1. The molecule has 2 amide bonds. The van der Waals surface area contributed by atoms with E-state index in [0.29, 0.717) is 16.9 Å². The van der Waals surface area contributed by atoms with Crippen LogP contribution in [0.25, 0.3) is 0 Å². The zero-order chi connectivity index (χ0) is 20.0. The number of benzene rings is 2. The minimum absolute atomic E-state index is 0.235. The van der Waals surface area contributed by atoms with Gasteiger partial charge in [0.1, 0.15) is 11.8 Å². The number of carbonyl (C=O) groups is 3. The second-order valence-corrected chi connectivity index (χ2v) is 6.54. The van der Waals surface area contributed by atoms with E-state index in [0.717, 1.165) is 0 Å². The molecule has 2 rings (SSSR count). The van der Waals surface area contributed by atoms with E-state index >= 15 is 0 Å². The first-order valence-corrected chi connectivity index (χ1v) is 8.67. The molecule has 0 aromatic heterocycles. The molecule has 142 valence electrons. The van der Waals surface area contributed by atoms with Gasteiger partial charge in [0.25, 0.3) is 5.91 Å². The summed E-state index contributed by atoms with van der Waals surface area (Å²) in [5, 5.41) is 0. The van der Waals surface area contributed by atoms with Gasteiger partial charge in [-0.15, -0.1) is 0 Å². The van der Waals surface area contributed by atoms with Gasteiger partial charge in [0.2, 0.25) is 5.91 Å². The van der Waals surface area contributed by atoms with E-state index in [-0.39, 0.29) is 18.2 Å². The van der Waals surface area contributed by atoms with Gasteiger partial charge in [0, 0.05) is 11.1 Å². The first-order chi connectivity index (χ1) is 12.8. The van der Waals surface area contributed by atoms with Crippen molar-refractivity contribution in [3.63, 3.8) is 0 Å². The van der Waals surface area contributed by atoms with Crippen LogP contribution < -0.4 is 10.5 Å². The Balaban J connectivity index is 2.37. The Morgan fingerprint density at radius 2 is 1.56 bits per heavy atom. The number of rotatable bonds is 8. The standard InChI is InChI=1S/C21H24N2O4/c1-14(2)19(20(22)25)23(13-18(24)15-7-5-4-6-8-15)21(26)16-9-11-17(27-3)12-10-16/h4-12,14,19H,13H2,1-3H3,(H2,22,25). The quantitative estimate of drug-likeness (QED) is 0.725. The maximum Gasteiger partial charge on any atom is 0.254 e. The van der Waals surface area contributed by atoms with Gasteiger partial charge >= 0.3 is 0 Å². The predicted octanol–water partition coefficient (Wildman–Crippen LogP) is 2.53. The van der Waals surface area contributed by atoms with Crippen LogP contribution in [0.4, 0.5) is 0 Å². The molecule has 6 heteroatoms. The highest BCUT2D eigenvalue weighted by Crippen LogP contribution is 2.18. The van der Waals surface area contributed by atoms with Crippen LogP contribution in [0.15, 0.2) is 54.6 Å². The number of ether oxygens (including phenoxy) is 1. The van der Waals surface area contributed by atoms with Gasteiger partial charge in [-0.2, -0.15) is 0 Å². The lowest BCUT2D eigenvalue weighted by Gasteiger charge is -2.32. The number of methoxy groups -OCH3 is 1. The summed E-state index contributed by atoms with van der Waals surface area (Å²) in [6, 6.07) is 14.2. The number of amides is 2. The summed E-state index contributed by atoms with van der Waals surface area (Å²) < 4.78 is 5.10. The Morgan fingerprint density at radius 3 is 2.04 bits per heavy atom. The summed E-state index contributed by atoms with van der Waals surface area (Å²) in [6.07, 6.45) is 0. The van der Waals surface area contributed by atoms with Crippen molar-refractivity contribution < 1.29 is 19.1 Å². The number of carbonyl (C=O) groups excluding carboxylic acids is 3. The smallest absolute Gasteiger partial charge is 0.254 e. The van der Waals surface area contributed by atoms with Crippen LogP contribution in [0.2, 0.25) is 0 Å². The molecule has 0 saturated heterocycles. The molecule has 1 unspecified atom stereocenters. The zero-order valence-corrected chi connectivity index (χ0v) is 15.7. The Bertz CT molecular complexity index is 801. The lowest BCUT2D eigenvalue weighted by molar-refractivity contribution is -0.123. The second kappa shape index (κ2) is 8.98. The molecular formula is C21H24N2O4. The Morgan fingerprint density at radius 1 is 0.963 bits per heavy atom. The van der Waals surface area contributed by atoms with E-state index in [9.17, 15) is 14.4 Å². The molecule has 1 atom stereocenters. The van der Waals surface area contributed by atoms with Gasteiger partial charge in [-0.05, 0) is 30.2 Å². The van der Waals surface area contributed by atoms with E-state index in [4.69, 9.17) is 10.5 Å². The number of hydrogen-bond donors (Lipinski definition) is 1. The molecule has 0 fully saturated rings. The summed E-state index contributed by atoms with van der Waals surface area (Å²) in [5.41, 5.74) is 6.37. The van der Waals surface area contributed by atoms with Crippen LogP contribution in [0.3, 0.4) is 0 Å². The van der Waals surface area contributed by atoms with E-state index in [2.05, 4.69) is 0 Å². The van der Waals surface area contributed by atoms with Crippen LogP contribution in [0.1, 0.15) is 34.6 Å². The molecule has 27 heavy (non-hydrogen) atoms. The fourth-order valence-corrected chi connectivity index (χ4v) is 2.91. The van der Waals surface area contributed by atoms with E-state index < -0.39 is 17.9 Å². The fourth-order valence-electron chi connectivity index (χ4n) is 2.91. The van der Waals surface area contributed by atoms with Crippen LogP contribution in [0, 0.1) is 5.92 Å². The second-order valence-electron chi connectivity index (χ2n) is 6.54. The van der Waals surface area contributed by atoms with Gasteiger partial charge in [-0.25, -0.2) is 0 Å². The molecule has 0 saturated carbocycles. The zero-order valence-electron chi connectivity index (χ0n) is 15.7. The number of nitrogens with zero attached hydrogens (tertiary/aromatic N) is 1. The Labute approximate surface area is 158 Å². The molecule has 0 aliphatic heterocycles. The third kappa shape index (κ3) is 4.94. The summed E-state index contributed by atoms with van der Waals surface area (Å²) in [4.78, 5) is 39.0. The van der Waals surface area contributed by atoms with Gasteiger partial charge in [-0.1, -0.05) is 44.2 Å². The van der Waals surface area contributed by atoms with Crippen molar-refractivity contribution in [2.45, 2.75) is 19.9 Å². The minimum Gasteiger partial charge on any atom is -0.497 e. The van der Waals surface area contributed by atoms with Crippen molar-refractivity contribution in [2.24, 2.45) is 11.7 Å². The third-order valence-electron chi connectivity index (χ3n) is 4.27. The van der Waals surface area contributed by atoms with Gasteiger partial charge in [-0.3, -0.25) is 14.4 Å². The monoisotopic (exact) mass is 368 g/mol. The normalized spacial score (nSPS) is 11.7. The topological polar surface area (TPSA) is 89.7 Å². The van der Waals surface area contributed by atoms with Crippen molar-refractivity contribution in [3.05, 3.63) is 65.7 Å². The molecule has 0 radical (unpaired) electrons. The van der Waals surface area contributed by atoms with Gasteiger partial charge < -0.3 is 15.4 Å². The molecular weight excluding hydrogens is 344 g/mol.